The average molecular weight is 271 g/mol. The number of halogens is 2. The van der Waals surface area contributed by atoms with Crippen LogP contribution in [0.15, 0.2) is 41.0 Å². The minimum Gasteiger partial charge on any atom is -0.337 e. The lowest BCUT2D eigenvalue weighted by atomic mass is 10.2. The van der Waals surface area contributed by atoms with Crippen LogP contribution in [-0.4, -0.2) is 9.49 Å². The second kappa shape index (κ2) is 4.77. The Hall–Kier alpha value is -1.52. The highest BCUT2D eigenvalue weighted by molar-refractivity contribution is 6.36. The number of rotatable bonds is 3. The molecule has 0 bridgehead atoms. The van der Waals surface area contributed by atoms with Gasteiger partial charge in [0.15, 0.2) is 0 Å². The number of hydrogen-bond donors (Lipinski definition) is 0. The molecule has 1 aromatic heterocycles. The van der Waals surface area contributed by atoms with Gasteiger partial charge in [0.1, 0.15) is 5.52 Å². The minimum absolute atomic E-state index is 0.0616. The molecule has 0 unspecified atom stereocenters. The smallest absolute Gasteiger partial charge is 0.293 e. The number of hydrogen-bond acceptors (Lipinski definition) is 2. The van der Waals surface area contributed by atoms with E-state index in [-0.39, 0.29) is 5.69 Å². The zero-order valence-electron chi connectivity index (χ0n) is 8.64. The Morgan fingerprint density at radius 2 is 2.24 bits per heavy atom. The van der Waals surface area contributed by atoms with Crippen LogP contribution in [0.2, 0.25) is 0 Å². The van der Waals surface area contributed by atoms with Gasteiger partial charge in [0.05, 0.1) is 11.5 Å². The van der Waals surface area contributed by atoms with E-state index in [0.29, 0.717) is 17.1 Å². The van der Waals surface area contributed by atoms with Crippen molar-refractivity contribution in [2.24, 2.45) is 0 Å². The molecule has 2 rings (SSSR count). The van der Waals surface area contributed by atoms with Crippen molar-refractivity contribution < 1.29 is 4.92 Å². The average Bonchev–Trinajstić information content (AvgIpc) is 2.72. The molecule has 4 nitrogen and oxygen atoms in total. The molecular formula is C11H8Cl2N2O2. The fourth-order valence-corrected chi connectivity index (χ4v) is 1.92. The summed E-state index contributed by atoms with van der Waals surface area (Å²) in [5, 5.41) is 12.2. The van der Waals surface area contributed by atoms with Gasteiger partial charge in [-0.1, -0.05) is 35.3 Å². The van der Waals surface area contributed by atoms with Crippen LogP contribution in [0.4, 0.5) is 5.69 Å². The van der Waals surface area contributed by atoms with Gasteiger partial charge in [0.2, 0.25) is 0 Å². The first-order chi connectivity index (χ1) is 8.13. The van der Waals surface area contributed by atoms with Crippen molar-refractivity contribution in [3.05, 3.63) is 51.1 Å². The zero-order valence-corrected chi connectivity index (χ0v) is 10.1. The normalized spacial score (nSPS) is 12.0. The van der Waals surface area contributed by atoms with Crippen LogP contribution in [0.1, 0.15) is 0 Å². The van der Waals surface area contributed by atoms with Crippen LogP contribution in [0.5, 0.6) is 0 Å². The van der Waals surface area contributed by atoms with Crippen LogP contribution in [0, 0.1) is 10.1 Å². The van der Waals surface area contributed by atoms with E-state index in [2.05, 4.69) is 0 Å². The summed E-state index contributed by atoms with van der Waals surface area (Å²) in [6, 6.07) is 6.75. The lowest BCUT2D eigenvalue weighted by Gasteiger charge is -2.04. The highest BCUT2D eigenvalue weighted by atomic mass is 35.5. The molecule has 0 saturated carbocycles. The third-order valence-electron chi connectivity index (χ3n) is 2.40. The van der Waals surface area contributed by atoms with Gasteiger partial charge in [-0.25, -0.2) is 0 Å². The summed E-state index contributed by atoms with van der Waals surface area (Å²) in [7, 11) is 0. The van der Waals surface area contributed by atoms with E-state index < -0.39 is 4.92 Å². The number of non-ortho nitro benzene ring substituents is 1. The van der Waals surface area contributed by atoms with Gasteiger partial charge in [0, 0.05) is 28.2 Å². The second-order valence-corrected chi connectivity index (χ2v) is 4.18. The molecule has 0 radical (unpaired) electrons. The van der Waals surface area contributed by atoms with E-state index in [1.54, 1.807) is 22.9 Å². The fourth-order valence-electron chi connectivity index (χ4n) is 1.72. The number of benzene rings is 1. The fraction of sp³-hybridized carbons (Fsp3) is 0.0909. The predicted octanol–water partition coefficient (Wildman–Crippen LogP) is 3.87. The summed E-state index contributed by atoms with van der Waals surface area (Å²) in [6.07, 6.45) is 1.75. The summed E-state index contributed by atoms with van der Waals surface area (Å²) in [5.74, 6) is 0. The van der Waals surface area contributed by atoms with Crippen molar-refractivity contribution >= 4 is 39.8 Å². The first-order valence-electron chi connectivity index (χ1n) is 4.80. The second-order valence-electron chi connectivity index (χ2n) is 3.47. The Balaban J connectivity index is 2.61. The molecule has 1 aromatic carbocycles. The van der Waals surface area contributed by atoms with E-state index in [9.17, 15) is 10.1 Å². The number of fused-ring (bicyclic) bond motifs is 1. The van der Waals surface area contributed by atoms with E-state index >= 15 is 0 Å². The molecule has 0 aliphatic rings. The van der Waals surface area contributed by atoms with E-state index in [1.807, 2.05) is 6.07 Å². The quantitative estimate of drug-likeness (QED) is 0.628. The van der Waals surface area contributed by atoms with Crippen LogP contribution in [0.3, 0.4) is 0 Å². The number of nitro benzene ring substituents is 1. The number of para-hydroxylation sites is 1. The maximum Gasteiger partial charge on any atom is 0.293 e. The molecule has 1 heterocycles. The molecule has 0 spiro atoms. The van der Waals surface area contributed by atoms with Crippen molar-refractivity contribution in [3.63, 3.8) is 0 Å². The number of allylic oxidation sites excluding steroid dienone is 1. The summed E-state index contributed by atoms with van der Waals surface area (Å²) in [5.41, 5.74) is 1.86. The molecule has 0 atom stereocenters. The minimum atomic E-state index is -0.406. The highest BCUT2D eigenvalue weighted by Crippen LogP contribution is 2.27. The van der Waals surface area contributed by atoms with Gasteiger partial charge in [0.25, 0.3) is 5.69 Å². The third kappa shape index (κ3) is 2.28. The first kappa shape index (κ1) is 12.0. The molecular weight excluding hydrogens is 263 g/mol. The van der Waals surface area contributed by atoms with Crippen LogP contribution in [-0.2, 0) is 6.54 Å². The van der Waals surface area contributed by atoms with Gasteiger partial charge in [-0.05, 0) is 6.07 Å². The van der Waals surface area contributed by atoms with Crippen molar-refractivity contribution in [1.82, 2.24) is 4.57 Å². The maximum absolute atomic E-state index is 10.9. The molecule has 0 N–H and O–H groups in total. The van der Waals surface area contributed by atoms with Gasteiger partial charge >= 0.3 is 0 Å². The molecule has 2 aromatic rings. The summed E-state index contributed by atoms with van der Waals surface area (Å²) in [6.45, 7) is 0.319. The maximum atomic E-state index is 10.9. The van der Waals surface area contributed by atoms with Gasteiger partial charge in [-0.3, -0.25) is 10.1 Å². The van der Waals surface area contributed by atoms with Crippen molar-refractivity contribution in [1.29, 1.82) is 0 Å². The summed E-state index contributed by atoms with van der Waals surface area (Å²) in [4.78, 5) is 10.5. The Morgan fingerprint density at radius 3 is 2.88 bits per heavy atom. The lowest BCUT2D eigenvalue weighted by molar-refractivity contribution is -0.383. The van der Waals surface area contributed by atoms with Crippen molar-refractivity contribution in [2.45, 2.75) is 6.54 Å². The molecule has 0 amide bonds. The number of nitro groups is 1. The van der Waals surface area contributed by atoms with Crippen LogP contribution >= 0.6 is 23.2 Å². The Kier molecular flexibility index (Phi) is 3.36. The van der Waals surface area contributed by atoms with Crippen LogP contribution < -0.4 is 0 Å². The topological polar surface area (TPSA) is 48.1 Å². The third-order valence-corrected chi connectivity index (χ3v) is 3.01. The monoisotopic (exact) mass is 270 g/mol. The first-order valence-corrected chi connectivity index (χ1v) is 5.62. The summed E-state index contributed by atoms with van der Waals surface area (Å²) < 4.78 is 1.70. The van der Waals surface area contributed by atoms with E-state index in [4.69, 9.17) is 23.2 Å². The SMILES string of the molecule is O=[N+]([O-])c1cccc2ccn(C/C(Cl)=C/Cl)c12. The van der Waals surface area contributed by atoms with E-state index in [0.717, 1.165) is 5.39 Å². The summed E-state index contributed by atoms with van der Waals surface area (Å²) >= 11 is 11.3. The number of nitrogens with zero attached hydrogens (tertiary/aromatic N) is 2. The lowest BCUT2D eigenvalue weighted by Crippen LogP contribution is -1.99. The van der Waals surface area contributed by atoms with Gasteiger partial charge < -0.3 is 4.57 Å². The van der Waals surface area contributed by atoms with Gasteiger partial charge in [-0.15, -0.1) is 0 Å². The molecule has 88 valence electrons. The van der Waals surface area contributed by atoms with E-state index in [1.165, 1.54) is 11.6 Å². The predicted molar refractivity (Wildman–Crippen MR) is 68.4 cm³/mol. The molecule has 17 heavy (non-hydrogen) atoms. The zero-order chi connectivity index (χ0) is 12.4. The van der Waals surface area contributed by atoms with Crippen molar-refractivity contribution in [3.8, 4) is 0 Å². The Labute approximate surface area is 107 Å². The standard InChI is InChI=1S/C11H8Cl2N2O2/c12-6-9(13)7-14-5-4-8-2-1-3-10(11(8)14)15(16)17/h1-6H,7H2/b9-6-. The van der Waals surface area contributed by atoms with Crippen molar-refractivity contribution in [2.75, 3.05) is 0 Å². The Morgan fingerprint density at radius 1 is 1.47 bits per heavy atom. The van der Waals surface area contributed by atoms with Gasteiger partial charge in [-0.2, -0.15) is 0 Å². The number of aromatic nitrogens is 1. The molecule has 0 fully saturated rings. The molecule has 6 heteroatoms. The largest absolute Gasteiger partial charge is 0.337 e. The molecule has 0 aliphatic heterocycles. The van der Waals surface area contributed by atoms with Crippen LogP contribution in [0.25, 0.3) is 10.9 Å². The Bertz CT molecular complexity index is 605. The molecule has 0 saturated heterocycles. The highest BCUT2D eigenvalue weighted by Gasteiger charge is 2.15. The molecule has 0 aliphatic carbocycles.